The molecule has 2 rings (SSSR count). The molecule has 96 valence electrons. The Morgan fingerprint density at radius 1 is 1.47 bits per heavy atom. The number of aromatic nitrogens is 2. The number of hydrogen-bond donors (Lipinski definition) is 1. The van der Waals surface area contributed by atoms with E-state index < -0.39 is 0 Å². The summed E-state index contributed by atoms with van der Waals surface area (Å²) >= 11 is 1.87. The molecule has 0 bridgehead atoms. The standard InChI is InChI=1S/C13H23N3S/c1-11(14)9-17-10-12-7-8-16(15-12)13-5-3-2-4-6-13/h7-8,11,13H,2-6,9-10,14H2,1H3. The summed E-state index contributed by atoms with van der Waals surface area (Å²) in [4.78, 5) is 0. The maximum atomic E-state index is 5.73. The number of hydrogen-bond acceptors (Lipinski definition) is 3. The predicted molar refractivity (Wildman–Crippen MR) is 74.2 cm³/mol. The Labute approximate surface area is 108 Å². The third-order valence-corrected chi connectivity index (χ3v) is 4.50. The van der Waals surface area contributed by atoms with E-state index in [1.54, 1.807) is 0 Å². The Morgan fingerprint density at radius 2 is 2.24 bits per heavy atom. The fourth-order valence-corrected chi connectivity index (χ4v) is 3.21. The van der Waals surface area contributed by atoms with Gasteiger partial charge in [-0.15, -0.1) is 0 Å². The first kappa shape index (κ1) is 13.0. The average molecular weight is 253 g/mol. The van der Waals surface area contributed by atoms with Crippen LogP contribution in [0.3, 0.4) is 0 Å². The SMILES string of the molecule is CC(N)CSCc1ccn(C2CCCCC2)n1. The molecule has 0 amide bonds. The third kappa shape index (κ3) is 4.03. The average Bonchev–Trinajstić information content (AvgIpc) is 2.78. The van der Waals surface area contributed by atoms with Crippen molar-refractivity contribution >= 4 is 11.8 Å². The van der Waals surface area contributed by atoms with Gasteiger partial charge in [-0.05, 0) is 25.8 Å². The highest BCUT2D eigenvalue weighted by Crippen LogP contribution is 2.27. The molecule has 1 fully saturated rings. The topological polar surface area (TPSA) is 43.8 Å². The fourth-order valence-electron chi connectivity index (χ4n) is 2.35. The molecule has 1 aromatic rings. The zero-order chi connectivity index (χ0) is 12.1. The van der Waals surface area contributed by atoms with Gasteiger partial charge < -0.3 is 5.73 Å². The summed E-state index contributed by atoms with van der Waals surface area (Å²) in [5, 5.41) is 4.69. The van der Waals surface area contributed by atoms with Crippen molar-refractivity contribution in [2.24, 2.45) is 5.73 Å². The van der Waals surface area contributed by atoms with Crippen molar-refractivity contribution in [1.29, 1.82) is 0 Å². The molecule has 17 heavy (non-hydrogen) atoms. The molecular formula is C13H23N3S. The number of thioether (sulfide) groups is 1. The molecule has 1 heterocycles. The lowest BCUT2D eigenvalue weighted by Crippen LogP contribution is -2.17. The van der Waals surface area contributed by atoms with E-state index in [2.05, 4.69) is 22.0 Å². The van der Waals surface area contributed by atoms with Crippen molar-refractivity contribution in [3.63, 3.8) is 0 Å². The molecule has 3 nitrogen and oxygen atoms in total. The van der Waals surface area contributed by atoms with Gasteiger partial charge in [0.15, 0.2) is 0 Å². The molecular weight excluding hydrogens is 230 g/mol. The van der Waals surface area contributed by atoms with Crippen LogP contribution in [0.15, 0.2) is 12.3 Å². The van der Waals surface area contributed by atoms with E-state index in [0.717, 1.165) is 11.5 Å². The van der Waals surface area contributed by atoms with Crippen LogP contribution in [0.2, 0.25) is 0 Å². The minimum atomic E-state index is 0.278. The molecule has 1 atom stereocenters. The van der Waals surface area contributed by atoms with Gasteiger partial charge in [0.25, 0.3) is 0 Å². The fraction of sp³-hybridized carbons (Fsp3) is 0.769. The predicted octanol–water partition coefficient (Wildman–Crippen LogP) is 2.97. The normalized spacial score (nSPS) is 19.4. The summed E-state index contributed by atoms with van der Waals surface area (Å²) < 4.78 is 2.18. The lowest BCUT2D eigenvalue weighted by molar-refractivity contribution is 0.328. The Kier molecular flexibility index (Phi) is 4.92. The van der Waals surface area contributed by atoms with Gasteiger partial charge in [-0.3, -0.25) is 4.68 Å². The highest BCUT2D eigenvalue weighted by atomic mass is 32.2. The smallest absolute Gasteiger partial charge is 0.0723 e. The Hall–Kier alpha value is -0.480. The molecule has 1 saturated carbocycles. The maximum Gasteiger partial charge on any atom is 0.0723 e. The molecule has 2 N–H and O–H groups in total. The molecule has 0 saturated heterocycles. The Bertz CT molecular complexity index is 329. The minimum Gasteiger partial charge on any atom is -0.327 e. The second-order valence-electron chi connectivity index (χ2n) is 5.07. The van der Waals surface area contributed by atoms with Crippen molar-refractivity contribution in [3.8, 4) is 0 Å². The zero-order valence-corrected chi connectivity index (χ0v) is 11.5. The van der Waals surface area contributed by atoms with E-state index in [0.29, 0.717) is 6.04 Å². The Balaban J connectivity index is 1.82. The monoisotopic (exact) mass is 253 g/mol. The number of rotatable bonds is 5. The van der Waals surface area contributed by atoms with Gasteiger partial charge in [0.2, 0.25) is 0 Å². The number of nitrogens with two attached hydrogens (primary N) is 1. The summed E-state index contributed by atoms with van der Waals surface area (Å²) in [6, 6.07) is 3.08. The van der Waals surface area contributed by atoms with Crippen molar-refractivity contribution < 1.29 is 0 Å². The summed E-state index contributed by atoms with van der Waals surface area (Å²) in [6.45, 7) is 2.05. The summed E-state index contributed by atoms with van der Waals surface area (Å²) in [6.07, 6.45) is 8.87. The van der Waals surface area contributed by atoms with Crippen LogP contribution in [0, 0.1) is 0 Å². The molecule has 0 spiro atoms. The first-order valence-electron chi connectivity index (χ1n) is 6.63. The second-order valence-corrected chi connectivity index (χ2v) is 6.10. The second kappa shape index (κ2) is 6.45. The van der Waals surface area contributed by atoms with Crippen LogP contribution in [0.25, 0.3) is 0 Å². The zero-order valence-electron chi connectivity index (χ0n) is 10.6. The van der Waals surface area contributed by atoms with Gasteiger partial charge in [0.05, 0.1) is 11.7 Å². The van der Waals surface area contributed by atoms with Crippen LogP contribution < -0.4 is 5.73 Å². The van der Waals surface area contributed by atoms with Crippen LogP contribution in [0.4, 0.5) is 0 Å². The first-order valence-corrected chi connectivity index (χ1v) is 7.78. The van der Waals surface area contributed by atoms with Gasteiger partial charge in [0, 0.05) is 23.7 Å². The van der Waals surface area contributed by atoms with Gasteiger partial charge in [-0.2, -0.15) is 16.9 Å². The molecule has 0 radical (unpaired) electrons. The quantitative estimate of drug-likeness (QED) is 0.877. The van der Waals surface area contributed by atoms with Crippen LogP contribution in [0.1, 0.15) is 50.8 Å². The van der Waals surface area contributed by atoms with E-state index in [1.165, 1.54) is 37.8 Å². The summed E-state index contributed by atoms with van der Waals surface area (Å²) in [5.74, 6) is 2.00. The molecule has 1 unspecified atom stereocenters. The van der Waals surface area contributed by atoms with Crippen LogP contribution in [-0.4, -0.2) is 21.6 Å². The van der Waals surface area contributed by atoms with Crippen LogP contribution in [-0.2, 0) is 5.75 Å². The first-order chi connectivity index (χ1) is 8.25. The van der Waals surface area contributed by atoms with Crippen LogP contribution >= 0.6 is 11.8 Å². The van der Waals surface area contributed by atoms with Gasteiger partial charge in [-0.25, -0.2) is 0 Å². The van der Waals surface area contributed by atoms with E-state index in [-0.39, 0.29) is 6.04 Å². The molecule has 1 aromatic heterocycles. The van der Waals surface area contributed by atoms with E-state index in [9.17, 15) is 0 Å². The molecule has 0 aliphatic heterocycles. The van der Waals surface area contributed by atoms with Gasteiger partial charge in [-0.1, -0.05) is 19.3 Å². The Morgan fingerprint density at radius 3 is 2.94 bits per heavy atom. The van der Waals surface area contributed by atoms with E-state index in [1.807, 2.05) is 18.7 Å². The highest BCUT2D eigenvalue weighted by Gasteiger charge is 2.15. The van der Waals surface area contributed by atoms with Gasteiger partial charge >= 0.3 is 0 Å². The lowest BCUT2D eigenvalue weighted by Gasteiger charge is -2.21. The minimum absolute atomic E-state index is 0.278. The van der Waals surface area contributed by atoms with Crippen molar-refractivity contribution in [2.75, 3.05) is 5.75 Å². The van der Waals surface area contributed by atoms with Gasteiger partial charge in [0.1, 0.15) is 0 Å². The van der Waals surface area contributed by atoms with E-state index >= 15 is 0 Å². The van der Waals surface area contributed by atoms with E-state index in [4.69, 9.17) is 5.73 Å². The van der Waals surface area contributed by atoms with Crippen molar-refractivity contribution in [2.45, 2.75) is 56.9 Å². The maximum absolute atomic E-state index is 5.73. The summed E-state index contributed by atoms with van der Waals surface area (Å²) in [5.41, 5.74) is 6.93. The van der Waals surface area contributed by atoms with Crippen molar-refractivity contribution in [1.82, 2.24) is 9.78 Å². The lowest BCUT2D eigenvalue weighted by atomic mass is 9.96. The highest BCUT2D eigenvalue weighted by molar-refractivity contribution is 7.98. The van der Waals surface area contributed by atoms with Crippen molar-refractivity contribution in [3.05, 3.63) is 18.0 Å². The summed E-state index contributed by atoms with van der Waals surface area (Å²) in [7, 11) is 0. The molecule has 4 heteroatoms. The molecule has 0 aromatic carbocycles. The third-order valence-electron chi connectivity index (χ3n) is 3.24. The molecule has 1 aliphatic carbocycles. The molecule has 1 aliphatic rings. The van der Waals surface area contributed by atoms with Crippen LogP contribution in [0.5, 0.6) is 0 Å². The number of nitrogens with zero attached hydrogens (tertiary/aromatic N) is 2. The largest absolute Gasteiger partial charge is 0.327 e.